The second kappa shape index (κ2) is 5.88. The van der Waals surface area contributed by atoms with E-state index < -0.39 is 16.6 Å². The summed E-state index contributed by atoms with van der Waals surface area (Å²) in [5.74, 6) is -0.191. The van der Waals surface area contributed by atoms with Gasteiger partial charge >= 0.3 is 0 Å². The average molecular weight is 335 g/mol. The van der Waals surface area contributed by atoms with Crippen LogP contribution in [0.2, 0.25) is 10.0 Å². The topological polar surface area (TPSA) is 105 Å². The zero-order valence-corrected chi connectivity index (χ0v) is 12.1. The molecule has 0 aliphatic rings. The predicted octanol–water partition coefficient (Wildman–Crippen LogP) is 1.47. The fraction of sp³-hybridized carbons (Fsp3) is 0.100. The Labute approximate surface area is 124 Å². The van der Waals surface area contributed by atoms with Crippen molar-refractivity contribution in [3.63, 3.8) is 0 Å². The van der Waals surface area contributed by atoms with Gasteiger partial charge in [-0.25, -0.2) is 18.1 Å². The van der Waals surface area contributed by atoms with Gasteiger partial charge in [-0.05, 0) is 12.1 Å². The van der Waals surface area contributed by atoms with Gasteiger partial charge in [0.2, 0.25) is 0 Å². The van der Waals surface area contributed by atoms with Gasteiger partial charge in [-0.15, -0.1) is 5.10 Å². The van der Waals surface area contributed by atoms with Crippen LogP contribution in [0, 0.1) is 0 Å². The highest BCUT2D eigenvalue weighted by Crippen LogP contribution is 2.31. The van der Waals surface area contributed by atoms with Crippen molar-refractivity contribution < 1.29 is 13.5 Å². The molecule has 0 unspecified atom stereocenters. The van der Waals surface area contributed by atoms with Gasteiger partial charge in [0.1, 0.15) is 4.90 Å². The highest BCUT2D eigenvalue weighted by molar-refractivity contribution is 7.92. The molecule has 10 heteroatoms. The third-order valence-corrected chi connectivity index (χ3v) is 4.57. The number of rotatable bonds is 4. The zero-order chi connectivity index (χ0) is 14.8. The summed E-state index contributed by atoms with van der Waals surface area (Å²) in [6.07, 6.45) is 2.59. The summed E-state index contributed by atoms with van der Waals surface area (Å²) in [7, 11) is -4.01. The van der Waals surface area contributed by atoms with Gasteiger partial charge in [-0.2, -0.15) is 5.10 Å². The molecule has 1 aromatic heterocycles. The van der Waals surface area contributed by atoms with Crippen molar-refractivity contribution in [3.05, 3.63) is 40.1 Å². The number of sulfonamides is 1. The Morgan fingerprint density at radius 2 is 2.00 bits per heavy atom. The van der Waals surface area contributed by atoms with Gasteiger partial charge in [-0.3, -0.25) is 0 Å². The van der Waals surface area contributed by atoms with Crippen LogP contribution in [-0.4, -0.2) is 28.7 Å². The maximum atomic E-state index is 12.2. The number of aliphatic hydroxyl groups is 1. The number of aliphatic hydroxyl groups excluding tert-OH is 1. The molecule has 0 radical (unpaired) electrons. The van der Waals surface area contributed by atoms with E-state index in [9.17, 15) is 8.42 Å². The number of nitrogens with one attached hydrogen (secondary N) is 1. The van der Waals surface area contributed by atoms with Gasteiger partial charge in [-0.1, -0.05) is 23.2 Å². The average Bonchev–Trinajstić information content (AvgIpc) is 2.39. The van der Waals surface area contributed by atoms with Gasteiger partial charge in [0.15, 0.2) is 0 Å². The number of halogens is 2. The molecule has 1 aromatic carbocycles. The van der Waals surface area contributed by atoms with Crippen LogP contribution in [0.1, 0.15) is 5.56 Å². The summed E-state index contributed by atoms with van der Waals surface area (Å²) < 4.78 is 26.5. The van der Waals surface area contributed by atoms with Crippen molar-refractivity contribution in [2.45, 2.75) is 11.5 Å². The number of anilines is 1. The van der Waals surface area contributed by atoms with Crippen LogP contribution in [0.25, 0.3) is 0 Å². The summed E-state index contributed by atoms with van der Waals surface area (Å²) in [5.41, 5.74) is 0.128. The lowest BCUT2D eigenvalue weighted by atomic mass is 10.2. The molecular weight excluding hydrogens is 327 g/mol. The molecule has 0 spiro atoms. The Bertz CT molecular complexity index is 725. The summed E-state index contributed by atoms with van der Waals surface area (Å²) in [6.45, 7) is -0.482. The number of hydrogen-bond acceptors (Lipinski definition) is 6. The standard InChI is InChI=1S/C10H8Cl2N4O3S/c11-7-1-2-8(9(12)6(7)5-17)20(18,19)16-10-13-3-4-14-15-10/h1-4,17H,5H2,(H,13,15,16). The second-order valence-electron chi connectivity index (χ2n) is 3.57. The maximum absolute atomic E-state index is 12.2. The van der Waals surface area contributed by atoms with E-state index in [4.69, 9.17) is 28.3 Å². The van der Waals surface area contributed by atoms with E-state index in [1.807, 2.05) is 0 Å². The zero-order valence-electron chi connectivity index (χ0n) is 9.79. The van der Waals surface area contributed by atoms with E-state index in [0.29, 0.717) is 0 Å². The first kappa shape index (κ1) is 14.9. The summed E-state index contributed by atoms with van der Waals surface area (Å²) in [5, 5.41) is 16.2. The number of hydrogen-bond donors (Lipinski definition) is 2. The maximum Gasteiger partial charge on any atom is 0.265 e. The lowest BCUT2D eigenvalue weighted by Gasteiger charge is -2.11. The Morgan fingerprint density at radius 3 is 2.60 bits per heavy atom. The highest BCUT2D eigenvalue weighted by Gasteiger charge is 2.22. The van der Waals surface area contributed by atoms with E-state index >= 15 is 0 Å². The van der Waals surface area contributed by atoms with E-state index in [2.05, 4.69) is 19.9 Å². The lowest BCUT2D eigenvalue weighted by Crippen LogP contribution is -2.16. The molecule has 0 amide bonds. The first-order valence-electron chi connectivity index (χ1n) is 5.20. The molecule has 20 heavy (non-hydrogen) atoms. The highest BCUT2D eigenvalue weighted by atomic mass is 35.5. The Hall–Kier alpha value is -1.48. The fourth-order valence-corrected chi connectivity index (χ4v) is 3.24. The van der Waals surface area contributed by atoms with Crippen molar-refractivity contribution in [1.29, 1.82) is 0 Å². The second-order valence-corrected chi connectivity index (χ2v) is 6.00. The molecule has 0 aliphatic heterocycles. The van der Waals surface area contributed by atoms with Gasteiger partial charge in [0.05, 0.1) is 24.0 Å². The molecule has 0 atom stereocenters. The monoisotopic (exact) mass is 334 g/mol. The first-order chi connectivity index (χ1) is 9.45. The minimum absolute atomic E-state index is 0.128. The van der Waals surface area contributed by atoms with Crippen LogP contribution in [0.3, 0.4) is 0 Å². The molecule has 0 aliphatic carbocycles. The Morgan fingerprint density at radius 1 is 1.25 bits per heavy atom. The summed E-state index contributed by atoms with van der Waals surface area (Å²) in [6, 6.07) is 2.56. The molecule has 0 saturated heterocycles. The fourth-order valence-electron chi connectivity index (χ4n) is 1.40. The van der Waals surface area contributed by atoms with Gasteiger partial charge in [0.25, 0.3) is 16.0 Å². The molecule has 7 nitrogen and oxygen atoms in total. The minimum atomic E-state index is -4.01. The first-order valence-corrected chi connectivity index (χ1v) is 7.44. The van der Waals surface area contributed by atoms with Crippen molar-refractivity contribution >= 4 is 39.2 Å². The van der Waals surface area contributed by atoms with Crippen LogP contribution in [0.4, 0.5) is 5.95 Å². The van der Waals surface area contributed by atoms with E-state index in [1.165, 1.54) is 24.5 Å². The third kappa shape index (κ3) is 2.98. The van der Waals surface area contributed by atoms with Crippen LogP contribution in [0.5, 0.6) is 0 Å². The lowest BCUT2D eigenvalue weighted by molar-refractivity contribution is 0.282. The number of aromatic nitrogens is 3. The molecule has 2 rings (SSSR count). The molecule has 1 heterocycles. The summed E-state index contributed by atoms with van der Waals surface area (Å²) in [4.78, 5) is 3.46. The SMILES string of the molecule is O=S(=O)(Nc1nccnn1)c1ccc(Cl)c(CO)c1Cl. The predicted molar refractivity (Wildman–Crippen MR) is 73.0 cm³/mol. The van der Waals surface area contributed by atoms with Crippen LogP contribution in [-0.2, 0) is 16.6 Å². The summed E-state index contributed by atoms with van der Waals surface area (Å²) >= 11 is 11.8. The molecule has 106 valence electrons. The molecule has 0 saturated carbocycles. The van der Waals surface area contributed by atoms with Gasteiger partial charge < -0.3 is 5.11 Å². The molecule has 0 bridgehead atoms. The van der Waals surface area contributed by atoms with Crippen molar-refractivity contribution in [2.75, 3.05) is 4.72 Å². The minimum Gasteiger partial charge on any atom is -0.392 e. The molecule has 2 N–H and O–H groups in total. The van der Waals surface area contributed by atoms with Crippen molar-refractivity contribution in [2.24, 2.45) is 0 Å². The quantitative estimate of drug-likeness (QED) is 0.877. The van der Waals surface area contributed by atoms with E-state index in [1.54, 1.807) is 0 Å². The molecule has 2 aromatic rings. The normalized spacial score (nSPS) is 11.3. The largest absolute Gasteiger partial charge is 0.392 e. The molecule has 0 fully saturated rings. The van der Waals surface area contributed by atoms with Crippen LogP contribution >= 0.6 is 23.2 Å². The Balaban J connectivity index is 2.45. The van der Waals surface area contributed by atoms with Crippen molar-refractivity contribution in [1.82, 2.24) is 15.2 Å². The van der Waals surface area contributed by atoms with E-state index in [0.717, 1.165) is 0 Å². The van der Waals surface area contributed by atoms with Gasteiger partial charge in [0, 0.05) is 10.6 Å². The number of nitrogens with zero attached hydrogens (tertiary/aromatic N) is 3. The van der Waals surface area contributed by atoms with Crippen LogP contribution < -0.4 is 4.72 Å². The van der Waals surface area contributed by atoms with Crippen molar-refractivity contribution in [3.8, 4) is 0 Å². The number of benzene rings is 1. The van der Waals surface area contributed by atoms with Crippen LogP contribution in [0.15, 0.2) is 29.4 Å². The third-order valence-electron chi connectivity index (χ3n) is 2.31. The van der Waals surface area contributed by atoms with E-state index in [-0.39, 0.29) is 26.5 Å². The molecular formula is C10H8Cl2N4O3S. The smallest absolute Gasteiger partial charge is 0.265 e. The Kier molecular flexibility index (Phi) is 4.39.